The van der Waals surface area contributed by atoms with Gasteiger partial charge in [-0.25, -0.2) is 4.98 Å². The summed E-state index contributed by atoms with van der Waals surface area (Å²) in [6.07, 6.45) is 3.93. The van der Waals surface area contributed by atoms with E-state index in [0.29, 0.717) is 0 Å². The molecule has 0 N–H and O–H groups in total. The first kappa shape index (κ1) is 24.2. The van der Waals surface area contributed by atoms with Gasteiger partial charge in [0.1, 0.15) is 5.65 Å². The fourth-order valence-electron chi connectivity index (χ4n) is 6.05. The molecule has 0 aliphatic heterocycles. The lowest BCUT2D eigenvalue weighted by Crippen LogP contribution is -2.25. The Morgan fingerprint density at radius 2 is 1.20 bits per heavy atom. The van der Waals surface area contributed by atoms with Crippen molar-refractivity contribution in [2.75, 3.05) is 0 Å². The van der Waals surface area contributed by atoms with Gasteiger partial charge in [-0.2, -0.15) is 0 Å². The quantitative estimate of drug-likeness (QED) is 0.164. The number of imidazole rings is 1. The Morgan fingerprint density at radius 1 is 0.561 bits per heavy atom. The van der Waals surface area contributed by atoms with Crippen LogP contribution in [0.4, 0.5) is 0 Å². The van der Waals surface area contributed by atoms with E-state index in [2.05, 4.69) is 120 Å². The Hall–Kier alpha value is -4.63. The molecule has 0 radical (unpaired) electrons. The second kappa shape index (κ2) is 9.49. The highest BCUT2D eigenvalue weighted by molar-refractivity contribution is 8.25. The number of para-hydroxylation sites is 3. The SMILES string of the molecule is S=P(c1ccccc1)(c1ccccc1)c1cncc(-c2cccc3c4ccccc4c4nc5ccccc5n4c23)c1. The second-order valence-corrected chi connectivity index (χ2v) is 14.6. The van der Waals surface area contributed by atoms with Crippen LogP contribution in [-0.2, 0) is 11.8 Å². The number of benzene rings is 5. The summed E-state index contributed by atoms with van der Waals surface area (Å²) in [7, 11) is 0. The summed E-state index contributed by atoms with van der Waals surface area (Å²) in [5.41, 5.74) is 6.32. The zero-order valence-corrected chi connectivity index (χ0v) is 23.8. The molecule has 3 aromatic heterocycles. The molecule has 0 saturated carbocycles. The van der Waals surface area contributed by atoms with E-state index in [1.807, 2.05) is 30.6 Å². The van der Waals surface area contributed by atoms with Gasteiger partial charge in [0.15, 0.2) is 0 Å². The van der Waals surface area contributed by atoms with E-state index in [1.165, 1.54) is 10.8 Å². The van der Waals surface area contributed by atoms with Gasteiger partial charge in [-0.15, -0.1) is 0 Å². The average molecular weight is 562 g/mol. The summed E-state index contributed by atoms with van der Waals surface area (Å²) >= 11 is 6.65. The van der Waals surface area contributed by atoms with Crippen LogP contribution in [0.3, 0.4) is 0 Å². The van der Waals surface area contributed by atoms with Gasteiger partial charge in [-0.05, 0) is 34.2 Å². The van der Waals surface area contributed by atoms with Crippen LogP contribution >= 0.6 is 6.04 Å². The molecule has 0 spiro atoms. The number of rotatable bonds is 4. The Bertz CT molecular complexity index is 2250. The van der Waals surface area contributed by atoms with Gasteiger partial charge in [0, 0.05) is 45.6 Å². The predicted octanol–water partition coefficient (Wildman–Crippen LogP) is 7.61. The lowest BCUT2D eigenvalue weighted by Gasteiger charge is -2.24. The van der Waals surface area contributed by atoms with Gasteiger partial charge >= 0.3 is 0 Å². The summed E-state index contributed by atoms with van der Waals surface area (Å²) in [6.45, 7) is 0. The van der Waals surface area contributed by atoms with E-state index < -0.39 is 6.04 Å². The molecule has 8 rings (SSSR count). The standard InChI is InChI=1S/C36H24N3PS/c41-40(26-12-3-1-4-13-26,27-14-5-2-6-15-27)28-22-25(23-37-24-28)29-18-11-19-31-30-16-7-8-17-32(30)36-38-33-20-9-10-21-34(33)39(36)35(29)31/h1-24H. The van der Waals surface area contributed by atoms with E-state index in [0.717, 1.165) is 54.6 Å². The van der Waals surface area contributed by atoms with Gasteiger partial charge in [-0.3, -0.25) is 9.38 Å². The fraction of sp³-hybridized carbons (Fsp3) is 0. The van der Waals surface area contributed by atoms with Crippen LogP contribution in [0.2, 0.25) is 0 Å². The third-order valence-corrected chi connectivity index (χ3v) is 12.8. The van der Waals surface area contributed by atoms with Crippen molar-refractivity contribution < 1.29 is 0 Å². The van der Waals surface area contributed by atoms with Gasteiger partial charge in [-0.1, -0.05) is 127 Å². The number of aromatic nitrogens is 3. The Labute approximate surface area is 242 Å². The van der Waals surface area contributed by atoms with Crippen molar-refractivity contribution in [2.24, 2.45) is 0 Å². The Kier molecular flexibility index (Phi) is 5.60. The number of fused-ring (bicyclic) bond motifs is 8. The molecule has 0 aliphatic rings. The maximum absolute atomic E-state index is 6.65. The summed E-state index contributed by atoms with van der Waals surface area (Å²) in [4.78, 5) is 9.91. The van der Waals surface area contributed by atoms with Gasteiger partial charge in [0.05, 0.1) is 16.6 Å². The van der Waals surface area contributed by atoms with Crippen molar-refractivity contribution >= 4 is 72.1 Å². The molecule has 194 valence electrons. The van der Waals surface area contributed by atoms with Crippen molar-refractivity contribution in [1.82, 2.24) is 14.4 Å². The molecule has 3 nitrogen and oxygen atoms in total. The van der Waals surface area contributed by atoms with E-state index in [1.54, 1.807) is 0 Å². The van der Waals surface area contributed by atoms with Crippen LogP contribution in [-0.4, -0.2) is 14.4 Å². The van der Waals surface area contributed by atoms with Crippen LogP contribution in [0, 0.1) is 0 Å². The number of nitrogens with zero attached hydrogens (tertiary/aromatic N) is 3. The molecule has 8 aromatic rings. The minimum Gasteiger partial charge on any atom is -0.291 e. The van der Waals surface area contributed by atoms with Gasteiger partial charge < -0.3 is 0 Å². The van der Waals surface area contributed by atoms with Crippen LogP contribution in [0.1, 0.15) is 0 Å². The third-order valence-electron chi connectivity index (χ3n) is 7.92. The maximum Gasteiger partial charge on any atom is 0.146 e. The lowest BCUT2D eigenvalue weighted by molar-refractivity contribution is 1.31. The van der Waals surface area contributed by atoms with Crippen LogP contribution in [0.15, 0.2) is 146 Å². The normalized spacial score (nSPS) is 12.0. The number of hydrogen-bond donors (Lipinski definition) is 0. The van der Waals surface area contributed by atoms with E-state index in [4.69, 9.17) is 21.8 Å². The first-order chi connectivity index (χ1) is 20.2. The summed E-state index contributed by atoms with van der Waals surface area (Å²) < 4.78 is 2.32. The highest BCUT2D eigenvalue weighted by Gasteiger charge is 2.26. The minimum absolute atomic E-state index is 0.963. The summed E-state index contributed by atoms with van der Waals surface area (Å²) in [6, 6.07) is 44.4. The van der Waals surface area contributed by atoms with Crippen LogP contribution in [0.25, 0.3) is 49.5 Å². The van der Waals surface area contributed by atoms with Crippen molar-refractivity contribution in [3.8, 4) is 11.1 Å². The van der Waals surface area contributed by atoms with Crippen molar-refractivity contribution in [3.63, 3.8) is 0 Å². The number of pyridine rings is 2. The van der Waals surface area contributed by atoms with Gasteiger partial charge in [0.25, 0.3) is 0 Å². The van der Waals surface area contributed by atoms with Crippen molar-refractivity contribution in [1.29, 1.82) is 0 Å². The van der Waals surface area contributed by atoms with E-state index in [-0.39, 0.29) is 0 Å². The average Bonchev–Trinajstić information content (AvgIpc) is 3.45. The molecular weight excluding hydrogens is 537 g/mol. The molecule has 0 atom stereocenters. The topological polar surface area (TPSA) is 30.2 Å². The highest BCUT2D eigenvalue weighted by atomic mass is 32.4. The smallest absolute Gasteiger partial charge is 0.146 e. The molecule has 0 unspecified atom stereocenters. The largest absolute Gasteiger partial charge is 0.291 e. The van der Waals surface area contributed by atoms with Crippen LogP contribution < -0.4 is 15.9 Å². The monoisotopic (exact) mass is 561 g/mol. The molecule has 0 bridgehead atoms. The molecule has 0 saturated heterocycles. The molecular formula is C36H24N3PS. The Morgan fingerprint density at radius 3 is 1.95 bits per heavy atom. The molecule has 0 aliphatic carbocycles. The summed E-state index contributed by atoms with van der Waals surface area (Å²) in [5.74, 6) is 0. The molecule has 5 heteroatoms. The third kappa shape index (κ3) is 3.69. The number of hydrogen-bond acceptors (Lipinski definition) is 3. The first-order valence-electron chi connectivity index (χ1n) is 13.6. The summed E-state index contributed by atoms with van der Waals surface area (Å²) in [5, 5.41) is 6.91. The van der Waals surface area contributed by atoms with Crippen LogP contribution in [0.5, 0.6) is 0 Å². The first-order valence-corrected chi connectivity index (χ1v) is 16.4. The highest BCUT2D eigenvalue weighted by Crippen LogP contribution is 2.44. The molecule has 5 aromatic carbocycles. The minimum atomic E-state index is -2.35. The maximum atomic E-state index is 6.65. The zero-order valence-electron chi connectivity index (χ0n) is 22.1. The molecule has 0 fully saturated rings. The molecule has 41 heavy (non-hydrogen) atoms. The second-order valence-electron chi connectivity index (χ2n) is 10.2. The van der Waals surface area contributed by atoms with Gasteiger partial charge in [0.2, 0.25) is 0 Å². The van der Waals surface area contributed by atoms with Crippen molar-refractivity contribution in [3.05, 3.63) is 146 Å². The zero-order chi connectivity index (χ0) is 27.4. The molecule has 3 heterocycles. The van der Waals surface area contributed by atoms with E-state index in [9.17, 15) is 0 Å². The van der Waals surface area contributed by atoms with E-state index >= 15 is 0 Å². The molecule has 0 amide bonds. The predicted molar refractivity (Wildman–Crippen MR) is 177 cm³/mol. The van der Waals surface area contributed by atoms with Crippen molar-refractivity contribution in [2.45, 2.75) is 0 Å². The Balaban J connectivity index is 1.46. The lowest BCUT2D eigenvalue weighted by atomic mass is 9.99. The fourth-order valence-corrected chi connectivity index (χ4v) is 9.71.